The molecule has 0 atom stereocenters. The Morgan fingerprint density at radius 1 is 1.36 bits per heavy atom. The molecule has 2 aromatic rings. The molecule has 22 heavy (non-hydrogen) atoms. The summed E-state index contributed by atoms with van der Waals surface area (Å²) in [5.41, 5.74) is 1.37. The summed E-state index contributed by atoms with van der Waals surface area (Å²) in [6.07, 6.45) is 7.47. The van der Waals surface area contributed by atoms with Crippen molar-refractivity contribution in [3.63, 3.8) is 0 Å². The maximum Gasteiger partial charge on any atom is 0.337 e. The van der Waals surface area contributed by atoms with E-state index in [4.69, 9.17) is 9.84 Å². The first-order chi connectivity index (χ1) is 10.7. The molecule has 1 aliphatic carbocycles. The number of carbonyl (C=O) groups excluding carboxylic acids is 1. The zero-order chi connectivity index (χ0) is 15.5. The van der Waals surface area contributed by atoms with Crippen molar-refractivity contribution in [2.75, 3.05) is 13.7 Å². The first kappa shape index (κ1) is 15.0. The molecule has 5 nitrogen and oxygen atoms in total. The van der Waals surface area contributed by atoms with E-state index in [-0.39, 0.29) is 12.6 Å². The minimum absolute atomic E-state index is 0.289. The van der Waals surface area contributed by atoms with Crippen molar-refractivity contribution < 1.29 is 14.6 Å². The number of aliphatic hydroxyl groups is 1. The Bertz CT molecular complexity index is 657. The molecule has 0 radical (unpaired) electrons. The lowest BCUT2D eigenvalue weighted by atomic mass is 9.84. The third-order valence-corrected chi connectivity index (χ3v) is 4.67. The van der Waals surface area contributed by atoms with Gasteiger partial charge in [-0.15, -0.1) is 0 Å². The fourth-order valence-electron chi connectivity index (χ4n) is 3.35. The standard InChI is InChI=1S/C17H22N2O3/c1-22-17(21)13-4-5-14-11-19(18-16(14)10-13)15-6-2-12(3-7-15)8-9-20/h4-5,10-12,15,20H,2-3,6-9H2,1H3/t12-,15-. The van der Waals surface area contributed by atoms with Gasteiger partial charge in [0.25, 0.3) is 0 Å². The van der Waals surface area contributed by atoms with Crippen LogP contribution in [-0.2, 0) is 4.74 Å². The van der Waals surface area contributed by atoms with Gasteiger partial charge in [0.15, 0.2) is 0 Å². The quantitative estimate of drug-likeness (QED) is 0.882. The van der Waals surface area contributed by atoms with Gasteiger partial charge >= 0.3 is 5.97 Å². The van der Waals surface area contributed by atoms with Gasteiger partial charge in [0.2, 0.25) is 0 Å². The predicted octanol–water partition coefficient (Wildman–Crippen LogP) is 2.94. The molecule has 1 heterocycles. The van der Waals surface area contributed by atoms with Crippen molar-refractivity contribution >= 4 is 16.9 Å². The lowest BCUT2D eigenvalue weighted by Crippen LogP contribution is -2.19. The van der Waals surface area contributed by atoms with Crippen LogP contribution in [0.2, 0.25) is 0 Å². The van der Waals surface area contributed by atoms with Gasteiger partial charge in [-0.3, -0.25) is 4.68 Å². The van der Waals surface area contributed by atoms with Crippen LogP contribution in [0.1, 0.15) is 48.5 Å². The monoisotopic (exact) mass is 302 g/mol. The zero-order valence-corrected chi connectivity index (χ0v) is 12.9. The van der Waals surface area contributed by atoms with E-state index in [0.29, 0.717) is 17.5 Å². The summed E-state index contributed by atoms with van der Waals surface area (Å²) in [5.74, 6) is 0.318. The van der Waals surface area contributed by atoms with Crippen molar-refractivity contribution in [3.05, 3.63) is 30.0 Å². The largest absolute Gasteiger partial charge is 0.465 e. The van der Waals surface area contributed by atoms with E-state index in [1.54, 1.807) is 12.1 Å². The van der Waals surface area contributed by atoms with Gasteiger partial charge in [-0.1, -0.05) is 6.07 Å². The topological polar surface area (TPSA) is 64.3 Å². The number of ether oxygens (including phenoxy) is 1. The number of hydrogen-bond donors (Lipinski definition) is 1. The molecule has 1 saturated carbocycles. The second-order valence-corrected chi connectivity index (χ2v) is 6.06. The number of aromatic nitrogens is 2. The highest BCUT2D eigenvalue weighted by Crippen LogP contribution is 2.34. The number of aliphatic hydroxyl groups excluding tert-OH is 1. The van der Waals surface area contributed by atoms with E-state index < -0.39 is 0 Å². The van der Waals surface area contributed by atoms with E-state index in [0.717, 1.165) is 43.0 Å². The number of carbonyl (C=O) groups is 1. The smallest absolute Gasteiger partial charge is 0.337 e. The number of fused-ring (bicyclic) bond motifs is 1. The first-order valence-corrected chi connectivity index (χ1v) is 7.89. The number of esters is 1. The molecule has 0 spiro atoms. The highest BCUT2D eigenvalue weighted by molar-refractivity contribution is 5.94. The Morgan fingerprint density at radius 2 is 2.14 bits per heavy atom. The number of methoxy groups -OCH3 is 1. The zero-order valence-electron chi connectivity index (χ0n) is 12.9. The molecular weight excluding hydrogens is 280 g/mol. The fraction of sp³-hybridized carbons (Fsp3) is 0.529. The molecule has 1 fully saturated rings. The molecule has 0 unspecified atom stereocenters. The van der Waals surface area contributed by atoms with Crippen LogP contribution in [0, 0.1) is 5.92 Å². The van der Waals surface area contributed by atoms with Crippen LogP contribution in [-0.4, -0.2) is 34.6 Å². The summed E-state index contributed by atoms with van der Waals surface area (Å²) >= 11 is 0. The van der Waals surface area contributed by atoms with Crippen LogP contribution in [0.15, 0.2) is 24.4 Å². The Kier molecular flexibility index (Phi) is 4.43. The minimum Gasteiger partial charge on any atom is -0.465 e. The molecule has 118 valence electrons. The summed E-state index contributed by atoms with van der Waals surface area (Å²) in [5, 5.41) is 14.7. The lowest BCUT2D eigenvalue weighted by Gasteiger charge is -2.28. The van der Waals surface area contributed by atoms with Crippen LogP contribution in [0.5, 0.6) is 0 Å². The molecule has 0 bridgehead atoms. The molecule has 5 heteroatoms. The molecular formula is C17H22N2O3. The van der Waals surface area contributed by atoms with Gasteiger partial charge in [0, 0.05) is 18.2 Å². The minimum atomic E-state index is -0.332. The predicted molar refractivity (Wildman–Crippen MR) is 83.8 cm³/mol. The SMILES string of the molecule is COC(=O)c1ccc2cn([C@H]3CC[C@H](CCO)CC3)nc2c1. The van der Waals surface area contributed by atoms with E-state index in [1.807, 2.05) is 10.7 Å². The summed E-state index contributed by atoms with van der Waals surface area (Å²) < 4.78 is 6.79. The number of hydrogen-bond acceptors (Lipinski definition) is 4. The maximum absolute atomic E-state index is 11.6. The van der Waals surface area contributed by atoms with Crippen LogP contribution < -0.4 is 0 Å². The summed E-state index contributed by atoms with van der Waals surface area (Å²) in [4.78, 5) is 11.6. The van der Waals surface area contributed by atoms with Crippen molar-refractivity contribution in [2.45, 2.75) is 38.1 Å². The Labute approximate surface area is 129 Å². The molecule has 1 N–H and O–H groups in total. The number of rotatable bonds is 4. The van der Waals surface area contributed by atoms with Crippen molar-refractivity contribution in [1.82, 2.24) is 9.78 Å². The summed E-state index contributed by atoms with van der Waals surface area (Å²) in [6.45, 7) is 0.289. The van der Waals surface area contributed by atoms with E-state index in [1.165, 1.54) is 7.11 Å². The third-order valence-electron chi connectivity index (χ3n) is 4.67. The normalized spacial score (nSPS) is 21.9. The van der Waals surface area contributed by atoms with Crippen LogP contribution in [0.3, 0.4) is 0 Å². The molecule has 0 amide bonds. The fourth-order valence-corrected chi connectivity index (χ4v) is 3.35. The molecule has 1 aromatic carbocycles. The van der Waals surface area contributed by atoms with E-state index in [9.17, 15) is 4.79 Å². The molecule has 1 aliphatic rings. The maximum atomic E-state index is 11.6. The number of nitrogens with zero attached hydrogens (tertiary/aromatic N) is 2. The Hall–Kier alpha value is -1.88. The number of benzene rings is 1. The van der Waals surface area contributed by atoms with Crippen molar-refractivity contribution in [2.24, 2.45) is 5.92 Å². The van der Waals surface area contributed by atoms with Gasteiger partial charge < -0.3 is 9.84 Å². The lowest BCUT2D eigenvalue weighted by molar-refractivity contribution is 0.0601. The average molecular weight is 302 g/mol. The van der Waals surface area contributed by atoms with Gasteiger partial charge in [-0.05, 0) is 50.2 Å². The van der Waals surface area contributed by atoms with Crippen molar-refractivity contribution in [3.8, 4) is 0 Å². The Balaban J connectivity index is 1.76. The molecule has 0 saturated heterocycles. The van der Waals surface area contributed by atoms with Gasteiger partial charge in [0.05, 0.1) is 24.2 Å². The molecule has 0 aliphatic heterocycles. The first-order valence-electron chi connectivity index (χ1n) is 7.89. The third kappa shape index (κ3) is 2.99. The highest BCUT2D eigenvalue weighted by atomic mass is 16.5. The van der Waals surface area contributed by atoms with E-state index >= 15 is 0 Å². The average Bonchev–Trinajstić information content (AvgIpc) is 2.98. The van der Waals surface area contributed by atoms with Gasteiger partial charge in [-0.2, -0.15) is 5.10 Å². The van der Waals surface area contributed by atoms with E-state index in [2.05, 4.69) is 11.3 Å². The molecule has 1 aromatic heterocycles. The van der Waals surface area contributed by atoms with Gasteiger partial charge in [-0.25, -0.2) is 4.79 Å². The Morgan fingerprint density at radius 3 is 2.82 bits per heavy atom. The van der Waals surface area contributed by atoms with Crippen LogP contribution in [0.4, 0.5) is 0 Å². The van der Waals surface area contributed by atoms with Crippen LogP contribution >= 0.6 is 0 Å². The van der Waals surface area contributed by atoms with Gasteiger partial charge in [0.1, 0.15) is 0 Å². The second-order valence-electron chi connectivity index (χ2n) is 6.06. The summed E-state index contributed by atoms with van der Waals surface area (Å²) in [7, 11) is 1.38. The van der Waals surface area contributed by atoms with Crippen molar-refractivity contribution in [1.29, 1.82) is 0 Å². The molecule has 3 rings (SSSR count). The summed E-state index contributed by atoms with van der Waals surface area (Å²) in [6, 6.07) is 5.90. The second kappa shape index (κ2) is 6.48. The highest BCUT2D eigenvalue weighted by Gasteiger charge is 2.22. The van der Waals surface area contributed by atoms with Crippen LogP contribution in [0.25, 0.3) is 10.9 Å².